The highest BCUT2D eigenvalue weighted by Gasteiger charge is 2.24. The number of hydrogen-bond acceptors (Lipinski definition) is 7. The van der Waals surface area contributed by atoms with E-state index in [4.69, 9.17) is 14.2 Å². The maximum atomic E-state index is 12.2. The fourth-order valence-electron chi connectivity index (χ4n) is 3.45. The molecule has 1 unspecified atom stereocenters. The van der Waals surface area contributed by atoms with E-state index in [-0.39, 0.29) is 17.7 Å². The van der Waals surface area contributed by atoms with E-state index < -0.39 is 0 Å². The summed E-state index contributed by atoms with van der Waals surface area (Å²) in [6, 6.07) is 5.89. The Bertz CT molecular complexity index is 1040. The summed E-state index contributed by atoms with van der Waals surface area (Å²) < 4.78 is 19.3. The van der Waals surface area contributed by atoms with Gasteiger partial charge in [0.05, 0.1) is 30.7 Å². The summed E-state index contributed by atoms with van der Waals surface area (Å²) in [4.78, 5) is 24.6. The summed E-state index contributed by atoms with van der Waals surface area (Å²) in [5, 5.41) is 2.86. The molecule has 0 aliphatic carbocycles. The van der Waals surface area contributed by atoms with Gasteiger partial charge in [-0.15, -0.1) is 0 Å². The molecule has 1 atom stereocenters. The van der Waals surface area contributed by atoms with E-state index in [0.29, 0.717) is 32.9 Å². The Labute approximate surface area is 166 Å². The molecule has 0 bridgehead atoms. The summed E-state index contributed by atoms with van der Waals surface area (Å²) in [5.41, 5.74) is 2.26. The Kier molecular flexibility index (Phi) is 4.57. The van der Waals surface area contributed by atoms with Crippen LogP contribution in [0.5, 0.6) is 11.5 Å². The summed E-state index contributed by atoms with van der Waals surface area (Å²) in [6.07, 6.45) is 6.12. The molecular weight excluding hydrogens is 374 g/mol. The minimum absolute atomic E-state index is 0.173. The summed E-state index contributed by atoms with van der Waals surface area (Å²) in [7, 11) is 0. The van der Waals surface area contributed by atoms with Gasteiger partial charge in [-0.2, -0.15) is 0 Å². The zero-order valence-corrected chi connectivity index (χ0v) is 15.6. The van der Waals surface area contributed by atoms with E-state index in [9.17, 15) is 4.79 Å². The average molecular weight is 393 g/mol. The molecule has 5 rings (SSSR count). The van der Waals surface area contributed by atoms with Crippen molar-refractivity contribution in [3.63, 3.8) is 0 Å². The zero-order chi connectivity index (χ0) is 19.6. The molecule has 0 spiro atoms. The standard InChI is InChI=1S/C20H19N5O4/c26-20(15-9-21-3-4-22-15)24-8-14-11-25-16(10-23-19(25)12-29-14)13-1-2-17-18(7-13)28-6-5-27-17/h1-4,7,9-10,14H,5-6,8,11-12H2,(H,24,26). The van der Waals surface area contributed by atoms with Gasteiger partial charge in [0, 0.05) is 24.5 Å². The Morgan fingerprint density at radius 3 is 2.90 bits per heavy atom. The highest BCUT2D eigenvalue weighted by molar-refractivity contribution is 5.91. The van der Waals surface area contributed by atoms with Crippen LogP contribution in [-0.4, -0.2) is 51.3 Å². The largest absolute Gasteiger partial charge is 0.486 e. The number of carbonyl (C=O) groups excluding carboxylic acids is 1. The molecule has 0 saturated carbocycles. The maximum absolute atomic E-state index is 12.2. The Morgan fingerprint density at radius 1 is 1.14 bits per heavy atom. The molecule has 1 N–H and O–H groups in total. The smallest absolute Gasteiger partial charge is 0.271 e. The monoisotopic (exact) mass is 393 g/mol. The van der Waals surface area contributed by atoms with Gasteiger partial charge in [0.1, 0.15) is 31.3 Å². The number of amides is 1. The van der Waals surface area contributed by atoms with Gasteiger partial charge in [-0.3, -0.25) is 9.78 Å². The normalized spacial score (nSPS) is 17.4. The molecule has 1 amide bonds. The number of fused-ring (bicyclic) bond motifs is 2. The van der Waals surface area contributed by atoms with Crippen molar-refractivity contribution < 1.29 is 19.0 Å². The van der Waals surface area contributed by atoms with Gasteiger partial charge in [0.15, 0.2) is 11.5 Å². The number of ether oxygens (including phenoxy) is 3. The molecule has 2 aliphatic rings. The number of nitrogens with one attached hydrogen (secondary N) is 1. The number of hydrogen-bond donors (Lipinski definition) is 1. The molecule has 0 fully saturated rings. The third kappa shape index (κ3) is 3.52. The second kappa shape index (κ2) is 7.51. The molecule has 2 aromatic heterocycles. The Morgan fingerprint density at radius 2 is 2.03 bits per heavy atom. The van der Waals surface area contributed by atoms with Gasteiger partial charge < -0.3 is 24.1 Å². The van der Waals surface area contributed by atoms with Crippen LogP contribution >= 0.6 is 0 Å². The highest BCUT2D eigenvalue weighted by atomic mass is 16.6. The van der Waals surface area contributed by atoms with Gasteiger partial charge in [-0.05, 0) is 18.2 Å². The molecule has 3 aromatic rings. The van der Waals surface area contributed by atoms with Gasteiger partial charge >= 0.3 is 0 Å². The topological polar surface area (TPSA) is 100 Å². The first kappa shape index (κ1) is 17.6. The van der Waals surface area contributed by atoms with Crippen LogP contribution in [0, 0.1) is 0 Å². The third-order valence-corrected chi connectivity index (χ3v) is 4.90. The van der Waals surface area contributed by atoms with Crippen molar-refractivity contribution in [2.24, 2.45) is 0 Å². The van der Waals surface area contributed by atoms with E-state index in [1.807, 2.05) is 24.4 Å². The zero-order valence-electron chi connectivity index (χ0n) is 15.6. The molecule has 29 heavy (non-hydrogen) atoms. The lowest BCUT2D eigenvalue weighted by Gasteiger charge is -2.26. The summed E-state index contributed by atoms with van der Waals surface area (Å²) in [5.74, 6) is 2.08. The lowest BCUT2D eigenvalue weighted by Crippen LogP contribution is -2.39. The number of benzene rings is 1. The molecule has 9 nitrogen and oxygen atoms in total. The number of aromatic nitrogens is 4. The van der Waals surface area contributed by atoms with Crippen LogP contribution in [0.1, 0.15) is 16.3 Å². The average Bonchev–Trinajstić information content (AvgIpc) is 3.21. The van der Waals surface area contributed by atoms with E-state index in [1.165, 1.54) is 18.6 Å². The van der Waals surface area contributed by atoms with Crippen LogP contribution in [0.15, 0.2) is 43.0 Å². The van der Waals surface area contributed by atoms with Crippen molar-refractivity contribution in [3.05, 3.63) is 54.5 Å². The molecule has 2 aliphatic heterocycles. The Balaban J connectivity index is 1.31. The molecule has 1 aromatic carbocycles. The quantitative estimate of drug-likeness (QED) is 0.716. The minimum atomic E-state index is -0.273. The SMILES string of the molecule is O=C(NCC1Cn2c(-c3ccc4c(c3)OCCO4)cnc2CO1)c1cnccn1. The number of imidazole rings is 1. The van der Waals surface area contributed by atoms with Crippen molar-refractivity contribution in [2.45, 2.75) is 19.3 Å². The highest BCUT2D eigenvalue weighted by Crippen LogP contribution is 2.35. The first-order chi connectivity index (χ1) is 14.3. The minimum Gasteiger partial charge on any atom is -0.486 e. The van der Waals surface area contributed by atoms with Crippen LogP contribution in [0.2, 0.25) is 0 Å². The Hall–Kier alpha value is -3.46. The molecule has 148 valence electrons. The van der Waals surface area contributed by atoms with Crippen molar-refractivity contribution in [1.82, 2.24) is 24.8 Å². The van der Waals surface area contributed by atoms with E-state index in [0.717, 1.165) is 28.6 Å². The lowest BCUT2D eigenvalue weighted by molar-refractivity contribution is 0.00371. The second-order valence-electron chi connectivity index (χ2n) is 6.76. The van der Waals surface area contributed by atoms with Crippen LogP contribution in [-0.2, 0) is 17.9 Å². The van der Waals surface area contributed by atoms with E-state index in [2.05, 4.69) is 24.8 Å². The maximum Gasteiger partial charge on any atom is 0.271 e. The predicted molar refractivity (Wildman–Crippen MR) is 102 cm³/mol. The first-order valence-corrected chi connectivity index (χ1v) is 9.38. The van der Waals surface area contributed by atoms with E-state index >= 15 is 0 Å². The van der Waals surface area contributed by atoms with Crippen LogP contribution in [0.3, 0.4) is 0 Å². The third-order valence-electron chi connectivity index (χ3n) is 4.90. The second-order valence-corrected chi connectivity index (χ2v) is 6.76. The summed E-state index contributed by atoms with van der Waals surface area (Å²) >= 11 is 0. The molecular formula is C20H19N5O4. The van der Waals surface area contributed by atoms with Gasteiger partial charge in [-0.1, -0.05) is 0 Å². The molecule has 0 radical (unpaired) electrons. The molecule has 9 heteroatoms. The predicted octanol–water partition coefficient (Wildman–Crippen LogP) is 1.44. The number of rotatable bonds is 4. The summed E-state index contributed by atoms with van der Waals surface area (Å²) in [6.45, 7) is 2.44. The number of carbonyl (C=O) groups is 1. The van der Waals surface area contributed by atoms with Gasteiger partial charge in [0.2, 0.25) is 0 Å². The fraction of sp³-hybridized carbons (Fsp3) is 0.300. The van der Waals surface area contributed by atoms with Crippen LogP contribution < -0.4 is 14.8 Å². The van der Waals surface area contributed by atoms with Crippen molar-refractivity contribution >= 4 is 5.91 Å². The van der Waals surface area contributed by atoms with Crippen molar-refractivity contribution in [2.75, 3.05) is 19.8 Å². The van der Waals surface area contributed by atoms with E-state index in [1.54, 1.807) is 0 Å². The first-order valence-electron chi connectivity index (χ1n) is 9.38. The molecule has 0 saturated heterocycles. The molecule has 4 heterocycles. The lowest BCUT2D eigenvalue weighted by atomic mass is 10.1. The van der Waals surface area contributed by atoms with Crippen LogP contribution in [0.4, 0.5) is 0 Å². The van der Waals surface area contributed by atoms with Gasteiger partial charge in [-0.25, -0.2) is 9.97 Å². The van der Waals surface area contributed by atoms with Crippen LogP contribution in [0.25, 0.3) is 11.3 Å². The van der Waals surface area contributed by atoms with Crippen molar-refractivity contribution in [3.8, 4) is 22.8 Å². The van der Waals surface area contributed by atoms with Crippen molar-refractivity contribution in [1.29, 1.82) is 0 Å². The number of nitrogens with zero attached hydrogens (tertiary/aromatic N) is 4. The van der Waals surface area contributed by atoms with Gasteiger partial charge in [0.25, 0.3) is 5.91 Å². The fourth-order valence-corrected chi connectivity index (χ4v) is 3.45.